The van der Waals surface area contributed by atoms with Crippen LogP contribution in [-0.2, 0) is 11.3 Å². The van der Waals surface area contributed by atoms with Gasteiger partial charge in [0.05, 0.1) is 5.69 Å². The van der Waals surface area contributed by atoms with Gasteiger partial charge in [0, 0.05) is 17.1 Å². The molecule has 0 fully saturated rings. The van der Waals surface area contributed by atoms with Crippen molar-refractivity contribution in [2.24, 2.45) is 0 Å². The lowest BCUT2D eigenvalue weighted by atomic mass is 10.1. The van der Waals surface area contributed by atoms with Gasteiger partial charge in [-0.3, -0.25) is 9.59 Å². The van der Waals surface area contributed by atoms with Crippen LogP contribution in [0.1, 0.15) is 21.5 Å². The highest BCUT2D eigenvalue weighted by molar-refractivity contribution is 6.30. The van der Waals surface area contributed by atoms with Crippen LogP contribution < -0.4 is 15.4 Å². The second kappa shape index (κ2) is 8.39. The summed E-state index contributed by atoms with van der Waals surface area (Å²) < 4.78 is 18.9. The van der Waals surface area contributed by atoms with Gasteiger partial charge in [-0.25, -0.2) is 4.39 Å². The number of carbonyl (C=O) groups excluding carboxylic acids is 2. The van der Waals surface area contributed by atoms with E-state index in [9.17, 15) is 14.0 Å². The van der Waals surface area contributed by atoms with Crippen molar-refractivity contribution < 1.29 is 18.7 Å². The van der Waals surface area contributed by atoms with Crippen LogP contribution in [0.3, 0.4) is 0 Å². The fourth-order valence-electron chi connectivity index (χ4n) is 2.94. The molecule has 3 aromatic rings. The predicted octanol–water partition coefficient (Wildman–Crippen LogP) is 4.78. The van der Waals surface area contributed by atoms with Gasteiger partial charge in [0.15, 0.2) is 11.5 Å². The van der Waals surface area contributed by atoms with Crippen molar-refractivity contribution in [1.29, 1.82) is 0 Å². The van der Waals surface area contributed by atoms with Crippen LogP contribution >= 0.6 is 11.6 Å². The van der Waals surface area contributed by atoms with Gasteiger partial charge in [-0.15, -0.1) is 0 Å². The van der Waals surface area contributed by atoms with E-state index in [4.69, 9.17) is 16.3 Å². The molecule has 1 aliphatic rings. The van der Waals surface area contributed by atoms with Crippen LogP contribution in [0.5, 0.6) is 5.75 Å². The molecular formula is C23H16ClFN2O3. The van der Waals surface area contributed by atoms with Gasteiger partial charge in [-0.05, 0) is 59.7 Å². The number of anilines is 1. The Bertz CT molecular complexity index is 1160. The zero-order valence-electron chi connectivity index (χ0n) is 15.6. The lowest BCUT2D eigenvalue weighted by Crippen LogP contribution is -2.25. The Kier molecular flexibility index (Phi) is 5.50. The highest BCUT2D eigenvalue weighted by Crippen LogP contribution is 2.32. The third-order valence-corrected chi connectivity index (χ3v) is 4.70. The number of benzene rings is 3. The molecule has 0 bridgehead atoms. The molecule has 0 spiro atoms. The second-order valence-electron chi connectivity index (χ2n) is 6.64. The smallest absolute Gasteiger partial charge is 0.291 e. The number of hydrogen-bond donors (Lipinski definition) is 2. The van der Waals surface area contributed by atoms with Crippen LogP contribution in [0.2, 0.25) is 5.02 Å². The van der Waals surface area contributed by atoms with Gasteiger partial charge in [-0.1, -0.05) is 35.9 Å². The molecule has 0 radical (unpaired) electrons. The third kappa shape index (κ3) is 4.50. The zero-order chi connectivity index (χ0) is 21.1. The molecule has 0 saturated carbocycles. The van der Waals surface area contributed by atoms with E-state index in [2.05, 4.69) is 10.6 Å². The topological polar surface area (TPSA) is 67.4 Å². The summed E-state index contributed by atoms with van der Waals surface area (Å²) in [6.07, 6.45) is 1.61. The minimum atomic E-state index is -0.422. The standard InChI is InChI=1S/C23H16ClFN2O3/c24-17-7-4-14(5-8-17)11-21-23(29)27-19-12-16(6-9-20(19)30-21)22(28)26-13-15-2-1-3-18(25)10-15/h1-12H,13H2,(H,26,28)(H,27,29)/b21-11-. The van der Waals surface area contributed by atoms with E-state index in [-0.39, 0.29) is 24.0 Å². The first-order valence-electron chi connectivity index (χ1n) is 9.11. The predicted molar refractivity (Wildman–Crippen MR) is 113 cm³/mol. The largest absolute Gasteiger partial charge is 0.449 e. The summed E-state index contributed by atoms with van der Waals surface area (Å²) in [7, 11) is 0. The van der Waals surface area contributed by atoms with Crippen molar-refractivity contribution in [1.82, 2.24) is 5.32 Å². The van der Waals surface area contributed by atoms with E-state index >= 15 is 0 Å². The normalized spacial score (nSPS) is 13.9. The van der Waals surface area contributed by atoms with E-state index in [0.29, 0.717) is 27.6 Å². The van der Waals surface area contributed by atoms with Crippen molar-refractivity contribution in [3.8, 4) is 5.75 Å². The minimum absolute atomic E-state index is 0.133. The lowest BCUT2D eigenvalue weighted by Gasteiger charge is -2.20. The summed E-state index contributed by atoms with van der Waals surface area (Å²) >= 11 is 5.87. The first kappa shape index (κ1) is 19.7. The van der Waals surface area contributed by atoms with Crippen LogP contribution in [0, 0.1) is 5.82 Å². The summed E-state index contributed by atoms with van der Waals surface area (Å²) in [5.74, 6) is -0.573. The molecule has 5 nitrogen and oxygen atoms in total. The van der Waals surface area contributed by atoms with Gasteiger partial charge in [0.1, 0.15) is 5.82 Å². The molecular weight excluding hydrogens is 407 g/mol. The fraction of sp³-hybridized carbons (Fsp3) is 0.0435. The molecule has 0 unspecified atom stereocenters. The summed E-state index contributed by atoms with van der Waals surface area (Å²) in [5, 5.41) is 6.05. The molecule has 0 aromatic heterocycles. The Hall–Kier alpha value is -3.64. The van der Waals surface area contributed by atoms with E-state index in [0.717, 1.165) is 5.56 Å². The Morgan fingerprint density at radius 3 is 2.67 bits per heavy atom. The lowest BCUT2D eigenvalue weighted by molar-refractivity contribution is -0.115. The summed E-state index contributed by atoms with van der Waals surface area (Å²) in [4.78, 5) is 24.8. The monoisotopic (exact) mass is 422 g/mol. The number of fused-ring (bicyclic) bond motifs is 1. The highest BCUT2D eigenvalue weighted by atomic mass is 35.5. The van der Waals surface area contributed by atoms with E-state index in [1.165, 1.54) is 18.2 Å². The van der Waals surface area contributed by atoms with Gasteiger partial charge < -0.3 is 15.4 Å². The first-order valence-corrected chi connectivity index (χ1v) is 9.49. The average molecular weight is 423 g/mol. The molecule has 0 atom stereocenters. The van der Waals surface area contributed by atoms with Gasteiger partial charge >= 0.3 is 0 Å². The van der Waals surface area contributed by atoms with Gasteiger partial charge in [0.25, 0.3) is 11.8 Å². The van der Waals surface area contributed by atoms with Crippen molar-refractivity contribution in [2.45, 2.75) is 6.54 Å². The molecule has 3 aromatic carbocycles. The average Bonchev–Trinajstić information content (AvgIpc) is 2.74. The molecule has 30 heavy (non-hydrogen) atoms. The van der Waals surface area contributed by atoms with Gasteiger partial charge in [-0.2, -0.15) is 0 Å². The minimum Gasteiger partial charge on any atom is -0.449 e. The van der Waals surface area contributed by atoms with Crippen molar-refractivity contribution in [2.75, 3.05) is 5.32 Å². The molecule has 1 heterocycles. The Morgan fingerprint density at radius 2 is 1.90 bits per heavy atom. The van der Waals surface area contributed by atoms with Crippen LogP contribution in [0.25, 0.3) is 6.08 Å². The van der Waals surface area contributed by atoms with Crippen molar-refractivity contribution in [3.63, 3.8) is 0 Å². The van der Waals surface area contributed by atoms with E-state index in [1.807, 2.05) is 0 Å². The maximum Gasteiger partial charge on any atom is 0.291 e. The number of halogens is 2. The molecule has 0 aliphatic carbocycles. The molecule has 1 aliphatic heterocycles. The number of carbonyl (C=O) groups is 2. The number of rotatable bonds is 4. The molecule has 150 valence electrons. The van der Waals surface area contributed by atoms with Crippen LogP contribution in [0.4, 0.5) is 10.1 Å². The first-order chi connectivity index (χ1) is 14.5. The van der Waals surface area contributed by atoms with Crippen LogP contribution in [-0.4, -0.2) is 11.8 Å². The Labute approximate surface area is 177 Å². The molecule has 7 heteroatoms. The fourth-order valence-corrected chi connectivity index (χ4v) is 3.07. The Balaban J connectivity index is 1.48. The number of ether oxygens (including phenoxy) is 1. The third-order valence-electron chi connectivity index (χ3n) is 4.44. The number of amides is 2. The highest BCUT2D eigenvalue weighted by Gasteiger charge is 2.23. The number of hydrogen-bond acceptors (Lipinski definition) is 3. The summed E-state index contributed by atoms with van der Waals surface area (Å²) in [6, 6.07) is 17.7. The van der Waals surface area contributed by atoms with Crippen molar-refractivity contribution >= 4 is 35.2 Å². The Morgan fingerprint density at radius 1 is 1.10 bits per heavy atom. The second-order valence-corrected chi connectivity index (χ2v) is 7.08. The van der Waals surface area contributed by atoms with E-state index in [1.54, 1.807) is 54.6 Å². The maximum absolute atomic E-state index is 13.2. The van der Waals surface area contributed by atoms with E-state index < -0.39 is 5.91 Å². The molecule has 2 amide bonds. The summed E-state index contributed by atoms with van der Waals surface area (Å²) in [6.45, 7) is 0.185. The van der Waals surface area contributed by atoms with Crippen molar-refractivity contribution in [3.05, 3.63) is 100 Å². The van der Waals surface area contributed by atoms with Gasteiger partial charge in [0.2, 0.25) is 0 Å². The SMILES string of the molecule is O=C1Nc2cc(C(=O)NCc3cccc(F)c3)ccc2O/C1=C\c1ccc(Cl)cc1. The molecule has 0 saturated heterocycles. The number of nitrogens with one attached hydrogen (secondary N) is 2. The maximum atomic E-state index is 13.2. The summed E-state index contributed by atoms with van der Waals surface area (Å²) in [5.41, 5.74) is 2.15. The zero-order valence-corrected chi connectivity index (χ0v) is 16.4. The molecule has 4 rings (SSSR count). The quantitative estimate of drug-likeness (QED) is 0.594. The molecule has 2 N–H and O–H groups in total. The van der Waals surface area contributed by atoms with Crippen LogP contribution in [0.15, 0.2) is 72.5 Å².